The van der Waals surface area contributed by atoms with Crippen molar-refractivity contribution in [3.05, 3.63) is 41.9 Å². The van der Waals surface area contributed by atoms with Gasteiger partial charge in [0.25, 0.3) is 5.91 Å². The quantitative estimate of drug-likeness (QED) is 0.627. The van der Waals surface area contributed by atoms with Crippen molar-refractivity contribution in [1.82, 2.24) is 9.97 Å². The molecule has 3 aliphatic rings. The Kier molecular flexibility index (Phi) is 5.51. The normalized spacial score (nSPS) is 20.4. The second-order valence-electron chi connectivity index (χ2n) is 8.40. The maximum absolute atomic E-state index is 13.6. The van der Waals surface area contributed by atoms with Crippen molar-refractivity contribution in [2.45, 2.75) is 50.7 Å². The Balaban J connectivity index is 1.43. The minimum Gasteiger partial charge on any atom is -0.474 e. The summed E-state index contributed by atoms with van der Waals surface area (Å²) in [6.07, 6.45) is 8.03. The minimum atomic E-state index is -0.677. The number of ether oxygens (including phenoxy) is 1. The lowest BCUT2D eigenvalue weighted by Gasteiger charge is -2.42. The third-order valence-electron chi connectivity index (χ3n) is 6.46. The average molecular weight is 466 g/mol. The van der Waals surface area contributed by atoms with E-state index in [0.29, 0.717) is 27.9 Å². The van der Waals surface area contributed by atoms with E-state index >= 15 is 0 Å². The SMILES string of the molecule is Cc1cc(N2C(=O)C3(CCC3)N(c3ccc(OC4CCSCC4)nc3)C2=S)cnc1C#N. The molecule has 1 aliphatic carbocycles. The summed E-state index contributed by atoms with van der Waals surface area (Å²) in [5.74, 6) is 2.80. The van der Waals surface area contributed by atoms with Crippen molar-refractivity contribution in [3.63, 3.8) is 0 Å². The summed E-state index contributed by atoms with van der Waals surface area (Å²) in [7, 11) is 0. The van der Waals surface area contributed by atoms with E-state index in [1.807, 2.05) is 35.7 Å². The van der Waals surface area contributed by atoms with E-state index < -0.39 is 5.54 Å². The van der Waals surface area contributed by atoms with Gasteiger partial charge >= 0.3 is 0 Å². The third kappa shape index (κ3) is 3.42. The molecular formula is C23H23N5O2S2. The van der Waals surface area contributed by atoms with Gasteiger partial charge in [0.15, 0.2) is 5.11 Å². The number of anilines is 2. The van der Waals surface area contributed by atoms with Crippen molar-refractivity contribution in [1.29, 1.82) is 5.26 Å². The van der Waals surface area contributed by atoms with Crippen molar-refractivity contribution < 1.29 is 9.53 Å². The number of nitriles is 1. The lowest BCUT2D eigenvalue weighted by atomic mass is 9.75. The summed E-state index contributed by atoms with van der Waals surface area (Å²) < 4.78 is 6.05. The Hall–Kier alpha value is -2.70. The molecule has 0 aromatic carbocycles. The van der Waals surface area contributed by atoms with Crippen LogP contribution in [0.2, 0.25) is 0 Å². The minimum absolute atomic E-state index is 0.0420. The van der Waals surface area contributed by atoms with E-state index in [9.17, 15) is 10.1 Å². The van der Waals surface area contributed by atoms with Crippen LogP contribution in [0.5, 0.6) is 5.88 Å². The summed E-state index contributed by atoms with van der Waals surface area (Å²) in [5, 5.41) is 9.60. The summed E-state index contributed by atoms with van der Waals surface area (Å²) in [5.41, 5.74) is 1.76. The van der Waals surface area contributed by atoms with Crippen molar-refractivity contribution >= 4 is 46.4 Å². The molecule has 32 heavy (non-hydrogen) atoms. The van der Waals surface area contributed by atoms with Crippen LogP contribution in [0.15, 0.2) is 30.6 Å². The van der Waals surface area contributed by atoms with Gasteiger partial charge in [-0.3, -0.25) is 9.69 Å². The number of nitrogens with zero attached hydrogens (tertiary/aromatic N) is 5. The molecule has 0 bridgehead atoms. The number of thioether (sulfide) groups is 1. The number of thiocarbonyl (C=S) groups is 1. The molecule has 2 saturated heterocycles. The maximum Gasteiger partial charge on any atom is 0.259 e. The largest absolute Gasteiger partial charge is 0.474 e. The highest BCUT2D eigenvalue weighted by Crippen LogP contribution is 2.47. The smallest absolute Gasteiger partial charge is 0.259 e. The second-order valence-corrected chi connectivity index (χ2v) is 9.99. The molecule has 0 radical (unpaired) electrons. The summed E-state index contributed by atoms with van der Waals surface area (Å²) in [6.45, 7) is 1.81. The molecule has 2 aromatic heterocycles. The Labute approximate surface area is 196 Å². The Bertz CT molecular complexity index is 1100. The zero-order valence-electron chi connectivity index (χ0n) is 17.8. The fourth-order valence-electron chi connectivity index (χ4n) is 4.55. The molecule has 0 atom stereocenters. The molecular weight excluding hydrogens is 442 g/mol. The Morgan fingerprint density at radius 3 is 2.56 bits per heavy atom. The second kappa shape index (κ2) is 8.34. The fourth-order valence-corrected chi connectivity index (χ4v) is 6.08. The molecule has 3 fully saturated rings. The number of pyridine rings is 2. The van der Waals surface area contributed by atoms with Crippen LogP contribution in [0, 0.1) is 18.3 Å². The van der Waals surface area contributed by atoms with Gasteiger partial charge in [0, 0.05) is 6.07 Å². The number of rotatable bonds is 4. The lowest BCUT2D eigenvalue weighted by Crippen LogP contribution is -2.55. The molecule has 2 aromatic rings. The average Bonchev–Trinajstić information content (AvgIpc) is 3.02. The molecule has 1 spiro atoms. The van der Waals surface area contributed by atoms with Crippen LogP contribution in [0.4, 0.5) is 11.4 Å². The van der Waals surface area contributed by atoms with E-state index in [-0.39, 0.29) is 12.0 Å². The van der Waals surface area contributed by atoms with E-state index in [2.05, 4.69) is 16.0 Å². The lowest BCUT2D eigenvalue weighted by molar-refractivity contribution is -0.123. The molecule has 2 aliphatic heterocycles. The van der Waals surface area contributed by atoms with Gasteiger partial charge in [0.2, 0.25) is 5.88 Å². The zero-order chi connectivity index (χ0) is 22.3. The summed E-state index contributed by atoms with van der Waals surface area (Å²) in [4.78, 5) is 25.8. The number of hydrogen-bond donors (Lipinski definition) is 0. The molecule has 0 N–H and O–H groups in total. The van der Waals surface area contributed by atoms with E-state index in [4.69, 9.17) is 17.0 Å². The van der Waals surface area contributed by atoms with Gasteiger partial charge in [-0.25, -0.2) is 9.97 Å². The molecule has 4 heterocycles. The van der Waals surface area contributed by atoms with Crippen LogP contribution < -0.4 is 14.5 Å². The van der Waals surface area contributed by atoms with Gasteiger partial charge in [0.1, 0.15) is 23.4 Å². The molecule has 5 rings (SSSR count). The van der Waals surface area contributed by atoms with Crippen molar-refractivity contribution in [2.24, 2.45) is 0 Å². The summed E-state index contributed by atoms with van der Waals surface area (Å²) >= 11 is 7.76. The number of aromatic nitrogens is 2. The van der Waals surface area contributed by atoms with Gasteiger partial charge < -0.3 is 9.64 Å². The van der Waals surface area contributed by atoms with Gasteiger partial charge in [-0.15, -0.1) is 0 Å². The number of carbonyl (C=O) groups is 1. The first-order valence-corrected chi connectivity index (χ1v) is 12.4. The number of carbonyl (C=O) groups excluding carboxylic acids is 1. The first kappa shape index (κ1) is 21.2. The Morgan fingerprint density at radius 1 is 1.22 bits per heavy atom. The third-order valence-corrected chi connectivity index (χ3v) is 7.87. The van der Waals surface area contributed by atoms with Crippen LogP contribution in [-0.2, 0) is 4.79 Å². The highest BCUT2D eigenvalue weighted by molar-refractivity contribution is 7.99. The number of aryl methyl sites for hydroxylation is 1. The molecule has 1 amide bonds. The Morgan fingerprint density at radius 2 is 1.97 bits per heavy atom. The van der Waals surface area contributed by atoms with Gasteiger partial charge in [-0.1, -0.05) is 0 Å². The van der Waals surface area contributed by atoms with Gasteiger partial charge in [0.05, 0.1) is 23.8 Å². The van der Waals surface area contributed by atoms with Crippen LogP contribution in [0.3, 0.4) is 0 Å². The van der Waals surface area contributed by atoms with E-state index in [1.165, 1.54) is 0 Å². The van der Waals surface area contributed by atoms with Crippen LogP contribution >= 0.6 is 24.0 Å². The number of hydrogen-bond acceptors (Lipinski definition) is 7. The van der Waals surface area contributed by atoms with Crippen LogP contribution in [0.1, 0.15) is 43.4 Å². The fraction of sp³-hybridized carbons (Fsp3) is 0.435. The predicted molar refractivity (Wildman–Crippen MR) is 128 cm³/mol. The monoisotopic (exact) mass is 465 g/mol. The molecule has 9 heteroatoms. The molecule has 7 nitrogen and oxygen atoms in total. The summed E-state index contributed by atoms with van der Waals surface area (Å²) in [6, 6.07) is 7.66. The predicted octanol–water partition coefficient (Wildman–Crippen LogP) is 3.99. The first-order chi connectivity index (χ1) is 15.5. The van der Waals surface area contributed by atoms with Crippen LogP contribution in [0.25, 0.3) is 0 Å². The standard InChI is InChI=1S/C23H23N5O2S2/c1-15-11-17(14-25-19(15)12-24)27-21(29)23(7-2-8-23)28(22(27)31)16-3-4-20(26-13-16)30-18-5-9-32-10-6-18/h3-4,11,13-14,18H,2,5-10H2,1H3. The van der Waals surface area contributed by atoms with Gasteiger partial charge in [-0.05, 0) is 80.4 Å². The first-order valence-electron chi connectivity index (χ1n) is 10.8. The molecule has 164 valence electrons. The maximum atomic E-state index is 13.6. The molecule has 0 unspecified atom stereocenters. The van der Waals surface area contributed by atoms with E-state index in [1.54, 1.807) is 23.4 Å². The van der Waals surface area contributed by atoms with E-state index in [0.717, 1.165) is 49.3 Å². The van der Waals surface area contributed by atoms with Crippen LogP contribution in [-0.4, -0.2) is 44.1 Å². The topological polar surface area (TPSA) is 82.3 Å². The highest BCUT2D eigenvalue weighted by atomic mass is 32.2. The number of amides is 1. The van der Waals surface area contributed by atoms with Gasteiger partial charge in [-0.2, -0.15) is 17.0 Å². The zero-order valence-corrected chi connectivity index (χ0v) is 19.4. The van der Waals surface area contributed by atoms with Crippen molar-refractivity contribution in [3.8, 4) is 11.9 Å². The molecule has 1 saturated carbocycles. The van der Waals surface area contributed by atoms with Crippen molar-refractivity contribution in [2.75, 3.05) is 21.3 Å². The highest BCUT2D eigenvalue weighted by Gasteiger charge is 2.59.